The highest BCUT2D eigenvalue weighted by molar-refractivity contribution is 9.11. The third-order valence-electron chi connectivity index (χ3n) is 2.67. The molecule has 1 aromatic heterocycles. The minimum absolute atomic E-state index is 0.196. The zero-order valence-corrected chi connectivity index (χ0v) is 13.9. The van der Waals surface area contributed by atoms with Crippen LogP contribution in [0.5, 0.6) is 5.75 Å². The molecule has 0 fully saturated rings. The van der Waals surface area contributed by atoms with Gasteiger partial charge >= 0.3 is 0 Å². The Hall–Kier alpha value is -0.400. The monoisotopic (exact) mass is 405 g/mol. The van der Waals surface area contributed by atoms with Crippen molar-refractivity contribution in [3.05, 3.63) is 49.0 Å². The van der Waals surface area contributed by atoms with E-state index in [0.29, 0.717) is 22.0 Å². The Bertz CT molecular complexity index is 523. The Labute approximate surface area is 132 Å². The summed E-state index contributed by atoms with van der Waals surface area (Å²) in [5.41, 5.74) is 1.96. The van der Waals surface area contributed by atoms with Crippen LogP contribution in [0, 0.1) is 0 Å². The van der Waals surface area contributed by atoms with Crippen molar-refractivity contribution in [2.24, 2.45) is 0 Å². The van der Waals surface area contributed by atoms with Gasteiger partial charge in [0.05, 0.1) is 15.0 Å². The predicted octanol–water partition coefficient (Wildman–Crippen LogP) is 3.80. The van der Waals surface area contributed by atoms with Crippen molar-refractivity contribution < 1.29 is 10.2 Å². The zero-order valence-electron chi connectivity index (χ0n) is 9.94. The molecule has 0 amide bonds. The molecule has 1 atom stereocenters. The highest BCUT2D eigenvalue weighted by atomic mass is 79.9. The van der Waals surface area contributed by atoms with E-state index in [-0.39, 0.29) is 5.75 Å². The van der Waals surface area contributed by atoms with Crippen LogP contribution >= 0.6 is 43.2 Å². The Morgan fingerprint density at radius 1 is 1.26 bits per heavy atom. The fraction of sp³-hybridized carbons (Fsp3) is 0.231. The molecule has 0 saturated carbocycles. The molecule has 0 aliphatic carbocycles. The van der Waals surface area contributed by atoms with E-state index in [1.807, 2.05) is 29.0 Å². The second-order valence-corrected chi connectivity index (χ2v) is 6.60. The summed E-state index contributed by atoms with van der Waals surface area (Å²) in [6, 6.07) is 5.62. The second kappa shape index (κ2) is 6.85. The molecule has 1 unspecified atom stereocenters. The summed E-state index contributed by atoms with van der Waals surface area (Å²) in [4.78, 5) is 0. The predicted molar refractivity (Wildman–Crippen MR) is 84.5 cm³/mol. The zero-order chi connectivity index (χ0) is 13.8. The smallest absolute Gasteiger partial charge is 0.143 e. The van der Waals surface area contributed by atoms with Crippen LogP contribution in [0.4, 0.5) is 0 Å². The molecule has 0 bridgehead atoms. The maximum atomic E-state index is 9.93. The Morgan fingerprint density at radius 2 is 1.95 bits per heavy atom. The van der Waals surface area contributed by atoms with Gasteiger partial charge in [-0.1, -0.05) is 0 Å². The van der Waals surface area contributed by atoms with Gasteiger partial charge in [0.2, 0.25) is 0 Å². The minimum atomic E-state index is -0.491. The SMILES string of the molecule is Oc1c(Br)cc(CNCC(O)c2ccsc2)cc1Br. The lowest BCUT2D eigenvalue weighted by atomic mass is 10.2. The standard InChI is InChI=1S/C13H13Br2NO2S/c14-10-3-8(4-11(15)13(10)18)5-16-6-12(17)9-1-2-19-7-9/h1-4,7,12,16-18H,5-6H2. The number of hydrogen-bond acceptors (Lipinski definition) is 4. The molecule has 0 spiro atoms. The lowest BCUT2D eigenvalue weighted by Crippen LogP contribution is -2.20. The summed E-state index contributed by atoms with van der Waals surface area (Å²) in [5, 5.41) is 26.6. The number of aliphatic hydroxyl groups is 1. The van der Waals surface area contributed by atoms with Crippen molar-refractivity contribution in [3.8, 4) is 5.75 Å². The Kier molecular flexibility index (Phi) is 5.41. The quantitative estimate of drug-likeness (QED) is 0.707. The molecule has 0 aliphatic heterocycles. The number of nitrogens with one attached hydrogen (secondary N) is 1. The topological polar surface area (TPSA) is 52.5 Å². The highest BCUT2D eigenvalue weighted by Crippen LogP contribution is 2.33. The molecule has 3 nitrogen and oxygen atoms in total. The van der Waals surface area contributed by atoms with Crippen molar-refractivity contribution in [1.29, 1.82) is 0 Å². The number of thiophene rings is 1. The van der Waals surface area contributed by atoms with E-state index in [0.717, 1.165) is 11.1 Å². The van der Waals surface area contributed by atoms with Crippen LogP contribution in [0.1, 0.15) is 17.2 Å². The van der Waals surface area contributed by atoms with Gasteiger partial charge in [-0.15, -0.1) is 0 Å². The fourth-order valence-electron chi connectivity index (χ4n) is 1.66. The minimum Gasteiger partial charge on any atom is -0.506 e. The number of phenolic OH excluding ortho intramolecular Hbond substituents is 1. The van der Waals surface area contributed by atoms with Crippen molar-refractivity contribution in [2.45, 2.75) is 12.6 Å². The second-order valence-electron chi connectivity index (χ2n) is 4.11. The molecule has 6 heteroatoms. The van der Waals surface area contributed by atoms with Crippen LogP contribution in [0.3, 0.4) is 0 Å². The van der Waals surface area contributed by atoms with E-state index >= 15 is 0 Å². The van der Waals surface area contributed by atoms with E-state index in [2.05, 4.69) is 37.2 Å². The Balaban J connectivity index is 1.89. The largest absolute Gasteiger partial charge is 0.506 e. The third kappa shape index (κ3) is 4.03. The molecule has 1 aromatic carbocycles. The molecule has 102 valence electrons. The molecular formula is C13H13Br2NO2S. The summed E-state index contributed by atoms with van der Waals surface area (Å²) < 4.78 is 1.30. The number of rotatable bonds is 5. The molecule has 2 aromatic rings. The van der Waals surface area contributed by atoms with Gasteiger partial charge in [0.15, 0.2) is 0 Å². The van der Waals surface area contributed by atoms with Gasteiger partial charge in [-0.25, -0.2) is 0 Å². The fourth-order valence-corrected chi connectivity index (χ4v) is 3.64. The lowest BCUT2D eigenvalue weighted by Gasteiger charge is -2.11. The first-order valence-corrected chi connectivity index (χ1v) is 8.18. The molecule has 0 saturated heterocycles. The first kappa shape index (κ1) is 15.0. The van der Waals surface area contributed by atoms with Crippen LogP contribution in [0.2, 0.25) is 0 Å². The van der Waals surface area contributed by atoms with Crippen molar-refractivity contribution in [2.75, 3.05) is 6.54 Å². The van der Waals surface area contributed by atoms with Crippen LogP contribution in [-0.2, 0) is 6.54 Å². The van der Waals surface area contributed by atoms with Gasteiger partial charge in [-0.3, -0.25) is 0 Å². The number of halogens is 2. The van der Waals surface area contributed by atoms with E-state index in [1.165, 1.54) is 0 Å². The molecule has 19 heavy (non-hydrogen) atoms. The van der Waals surface area contributed by atoms with Crippen molar-refractivity contribution in [3.63, 3.8) is 0 Å². The first-order chi connectivity index (χ1) is 9.08. The van der Waals surface area contributed by atoms with E-state index in [4.69, 9.17) is 0 Å². The summed E-state index contributed by atoms with van der Waals surface area (Å²) in [5.74, 6) is 0.196. The summed E-state index contributed by atoms with van der Waals surface area (Å²) in [6.45, 7) is 1.12. The van der Waals surface area contributed by atoms with Gasteiger partial charge in [-0.2, -0.15) is 11.3 Å². The third-order valence-corrected chi connectivity index (χ3v) is 4.58. The van der Waals surface area contributed by atoms with E-state index < -0.39 is 6.10 Å². The van der Waals surface area contributed by atoms with Crippen LogP contribution in [0.25, 0.3) is 0 Å². The average Bonchev–Trinajstić information content (AvgIpc) is 2.89. The van der Waals surface area contributed by atoms with Crippen LogP contribution < -0.4 is 5.32 Å². The van der Waals surface area contributed by atoms with Gasteiger partial charge in [-0.05, 0) is 71.9 Å². The van der Waals surface area contributed by atoms with Crippen LogP contribution in [-0.4, -0.2) is 16.8 Å². The summed E-state index contributed by atoms with van der Waals surface area (Å²) in [7, 11) is 0. The van der Waals surface area contributed by atoms with Crippen molar-refractivity contribution in [1.82, 2.24) is 5.32 Å². The number of benzene rings is 1. The maximum Gasteiger partial charge on any atom is 0.143 e. The van der Waals surface area contributed by atoms with Gasteiger partial charge in [0.25, 0.3) is 0 Å². The number of aromatic hydroxyl groups is 1. The van der Waals surface area contributed by atoms with E-state index in [9.17, 15) is 10.2 Å². The van der Waals surface area contributed by atoms with Crippen LogP contribution in [0.15, 0.2) is 37.9 Å². The maximum absolute atomic E-state index is 9.93. The lowest BCUT2D eigenvalue weighted by molar-refractivity contribution is 0.175. The Morgan fingerprint density at radius 3 is 2.53 bits per heavy atom. The molecule has 2 rings (SSSR count). The molecule has 1 heterocycles. The molecule has 0 radical (unpaired) electrons. The number of aliphatic hydroxyl groups excluding tert-OH is 1. The summed E-state index contributed by atoms with van der Waals surface area (Å²) >= 11 is 8.16. The average molecular weight is 407 g/mol. The van der Waals surface area contributed by atoms with E-state index in [1.54, 1.807) is 11.3 Å². The van der Waals surface area contributed by atoms with Crippen molar-refractivity contribution >= 4 is 43.2 Å². The number of phenols is 1. The molecule has 3 N–H and O–H groups in total. The van der Waals surface area contributed by atoms with Gasteiger partial charge in [0.1, 0.15) is 5.75 Å². The molecule has 0 aliphatic rings. The normalized spacial score (nSPS) is 12.6. The number of hydrogen-bond donors (Lipinski definition) is 3. The summed E-state index contributed by atoms with van der Waals surface area (Å²) in [6.07, 6.45) is -0.491. The molecular weight excluding hydrogens is 394 g/mol. The van der Waals surface area contributed by atoms with Gasteiger partial charge in [0, 0.05) is 13.1 Å². The van der Waals surface area contributed by atoms with Gasteiger partial charge < -0.3 is 15.5 Å². The first-order valence-electron chi connectivity index (χ1n) is 5.65. The highest BCUT2D eigenvalue weighted by Gasteiger charge is 2.09.